The molecule has 1 atom stereocenters. The first-order chi connectivity index (χ1) is 9.38. The van der Waals surface area contributed by atoms with E-state index >= 15 is 0 Å². The molecule has 1 aromatic carbocycles. The summed E-state index contributed by atoms with van der Waals surface area (Å²) in [4.78, 5) is 32.7. The lowest BCUT2D eigenvalue weighted by molar-refractivity contribution is -0.146. The molecule has 0 bridgehead atoms. The van der Waals surface area contributed by atoms with Crippen LogP contribution in [0.3, 0.4) is 0 Å². The van der Waals surface area contributed by atoms with E-state index in [1.165, 1.54) is 6.08 Å². The maximum atomic E-state index is 11.5. The molecule has 1 amide bonds. The van der Waals surface area contributed by atoms with E-state index in [0.717, 1.165) is 6.08 Å². The highest BCUT2D eigenvalue weighted by Gasteiger charge is 2.21. The van der Waals surface area contributed by atoms with Gasteiger partial charge in [-0.15, -0.1) is 0 Å². The minimum Gasteiger partial charge on any atom is -0.481 e. The van der Waals surface area contributed by atoms with E-state index in [4.69, 9.17) is 21.8 Å². The Kier molecular flexibility index (Phi) is 5.74. The zero-order chi connectivity index (χ0) is 15.1. The summed E-state index contributed by atoms with van der Waals surface area (Å²) in [6.07, 6.45) is 1.90. The Morgan fingerprint density at radius 3 is 2.30 bits per heavy atom. The average Bonchev–Trinajstić information content (AvgIpc) is 2.36. The summed E-state index contributed by atoms with van der Waals surface area (Å²) in [6.45, 7) is 0. The highest BCUT2D eigenvalue weighted by Crippen LogP contribution is 2.10. The summed E-state index contributed by atoms with van der Waals surface area (Å²) in [7, 11) is 0. The fourth-order valence-corrected chi connectivity index (χ4v) is 1.47. The number of carboxylic acid groups (broad SMARTS) is 2. The van der Waals surface area contributed by atoms with Crippen molar-refractivity contribution in [1.29, 1.82) is 0 Å². The van der Waals surface area contributed by atoms with E-state index < -0.39 is 30.3 Å². The highest BCUT2D eigenvalue weighted by atomic mass is 35.5. The second-order valence-corrected chi connectivity index (χ2v) is 4.32. The molecule has 0 saturated heterocycles. The van der Waals surface area contributed by atoms with Gasteiger partial charge in [0.15, 0.2) is 0 Å². The zero-order valence-corrected chi connectivity index (χ0v) is 11.0. The first kappa shape index (κ1) is 15.7. The number of hydrogen-bond donors (Lipinski definition) is 3. The third-order valence-electron chi connectivity index (χ3n) is 2.29. The third-order valence-corrected chi connectivity index (χ3v) is 2.54. The Labute approximate surface area is 119 Å². The van der Waals surface area contributed by atoms with Gasteiger partial charge >= 0.3 is 11.9 Å². The maximum Gasteiger partial charge on any atom is 0.326 e. The molecule has 0 aromatic heterocycles. The van der Waals surface area contributed by atoms with Gasteiger partial charge < -0.3 is 15.5 Å². The molecule has 1 aromatic rings. The number of benzene rings is 1. The number of carbonyl (C=O) groups is 3. The first-order valence-electron chi connectivity index (χ1n) is 5.57. The van der Waals surface area contributed by atoms with Crippen molar-refractivity contribution in [3.8, 4) is 0 Å². The summed E-state index contributed by atoms with van der Waals surface area (Å²) in [5.41, 5.74) is 0.703. The number of carboxylic acids is 2. The SMILES string of the molecule is O=C(O)C[C@H](NC(=O)/C=C/c1ccc(Cl)cc1)C(=O)O. The molecule has 0 unspecified atom stereocenters. The predicted molar refractivity (Wildman–Crippen MR) is 72.3 cm³/mol. The number of aliphatic carboxylic acids is 2. The minimum absolute atomic E-state index is 0.555. The topological polar surface area (TPSA) is 104 Å². The molecular weight excluding hydrogens is 286 g/mol. The fourth-order valence-electron chi connectivity index (χ4n) is 1.34. The Hall–Kier alpha value is -2.34. The molecular formula is C13H12ClNO5. The molecule has 20 heavy (non-hydrogen) atoms. The molecule has 1 rings (SSSR count). The lowest BCUT2D eigenvalue weighted by Gasteiger charge is -2.10. The number of hydrogen-bond acceptors (Lipinski definition) is 3. The van der Waals surface area contributed by atoms with Gasteiger partial charge in [0.2, 0.25) is 5.91 Å². The maximum absolute atomic E-state index is 11.5. The van der Waals surface area contributed by atoms with Crippen LogP contribution in [0.15, 0.2) is 30.3 Å². The van der Waals surface area contributed by atoms with Crippen LogP contribution in [-0.2, 0) is 14.4 Å². The average molecular weight is 298 g/mol. The number of rotatable bonds is 6. The standard InChI is InChI=1S/C13H12ClNO5/c14-9-4-1-8(2-5-9)3-6-11(16)15-10(13(19)20)7-12(17)18/h1-6,10H,7H2,(H,15,16)(H,17,18)(H,19,20)/b6-3+/t10-/m0/s1. The van der Waals surface area contributed by atoms with Crippen LogP contribution in [0, 0.1) is 0 Å². The van der Waals surface area contributed by atoms with Crippen LogP contribution in [0.1, 0.15) is 12.0 Å². The van der Waals surface area contributed by atoms with Gasteiger partial charge in [0, 0.05) is 11.1 Å². The Morgan fingerprint density at radius 2 is 1.80 bits per heavy atom. The molecule has 3 N–H and O–H groups in total. The van der Waals surface area contributed by atoms with Crippen molar-refractivity contribution in [2.24, 2.45) is 0 Å². The summed E-state index contributed by atoms with van der Waals surface area (Å²) in [5.74, 6) is -3.39. The van der Waals surface area contributed by atoms with Gasteiger partial charge in [-0.1, -0.05) is 23.7 Å². The highest BCUT2D eigenvalue weighted by molar-refractivity contribution is 6.30. The molecule has 0 fully saturated rings. The molecule has 0 saturated carbocycles. The van der Waals surface area contributed by atoms with Crippen molar-refractivity contribution < 1.29 is 24.6 Å². The molecule has 0 radical (unpaired) electrons. The number of nitrogens with one attached hydrogen (secondary N) is 1. The van der Waals surface area contributed by atoms with E-state index in [1.807, 2.05) is 0 Å². The van der Waals surface area contributed by atoms with Crippen molar-refractivity contribution >= 4 is 35.5 Å². The Bertz CT molecular complexity index is 538. The lowest BCUT2D eigenvalue weighted by Crippen LogP contribution is -2.41. The van der Waals surface area contributed by atoms with Gasteiger partial charge in [-0.3, -0.25) is 9.59 Å². The van der Waals surface area contributed by atoms with Crippen molar-refractivity contribution in [2.75, 3.05) is 0 Å². The molecule has 0 aliphatic rings. The zero-order valence-electron chi connectivity index (χ0n) is 10.2. The third kappa shape index (κ3) is 5.53. The van der Waals surface area contributed by atoms with Gasteiger partial charge in [0.1, 0.15) is 6.04 Å². The Morgan fingerprint density at radius 1 is 1.20 bits per heavy atom. The Balaban J connectivity index is 2.63. The van der Waals surface area contributed by atoms with Crippen LogP contribution in [0.4, 0.5) is 0 Å². The molecule has 106 valence electrons. The molecule has 7 heteroatoms. The molecule has 6 nitrogen and oxygen atoms in total. The quantitative estimate of drug-likeness (QED) is 0.689. The van der Waals surface area contributed by atoms with Crippen molar-refractivity contribution in [1.82, 2.24) is 5.32 Å². The van der Waals surface area contributed by atoms with Crippen molar-refractivity contribution in [3.05, 3.63) is 40.9 Å². The van der Waals surface area contributed by atoms with E-state index in [0.29, 0.717) is 10.6 Å². The summed E-state index contributed by atoms with van der Waals surface area (Å²) in [5, 5.41) is 20.0. The van der Waals surface area contributed by atoms with Crippen LogP contribution >= 0.6 is 11.6 Å². The molecule has 0 aliphatic heterocycles. The second-order valence-electron chi connectivity index (χ2n) is 3.88. The molecule has 0 aliphatic carbocycles. The normalized spacial score (nSPS) is 12.1. The van der Waals surface area contributed by atoms with Crippen molar-refractivity contribution in [3.63, 3.8) is 0 Å². The monoisotopic (exact) mass is 297 g/mol. The van der Waals surface area contributed by atoms with Gasteiger partial charge in [0.25, 0.3) is 0 Å². The van der Waals surface area contributed by atoms with Gasteiger partial charge in [-0.2, -0.15) is 0 Å². The molecule has 0 heterocycles. The lowest BCUT2D eigenvalue weighted by atomic mass is 10.2. The second kappa shape index (κ2) is 7.30. The van der Waals surface area contributed by atoms with Crippen LogP contribution in [0.2, 0.25) is 5.02 Å². The predicted octanol–water partition coefficient (Wildman–Crippen LogP) is 1.40. The summed E-state index contributed by atoms with van der Waals surface area (Å²) < 4.78 is 0. The number of carbonyl (C=O) groups excluding carboxylic acids is 1. The minimum atomic E-state index is -1.46. The first-order valence-corrected chi connectivity index (χ1v) is 5.95. The van der Waals surface area contributed by atoms with Crippen LogP contribution in [0.25, 0.3) is 6.08 Å². The summed E-state index contributed by atoms with van der Waals surface area (Å²) in [6, 6.07) is 5.18. The fraction of sp³-hybridized carbons (Fsp3) is 0.154. The largest absolute Gasteiger partial charge is 0.481 e. The van der Waals surface area contributed by atoms with Gasteiger partial charge in [-0.05, 0) is 23.8 Å². The number of amides is 1. The van der Waals surface area contributed by atoms with Gasteiger partial charge in [-0.25, -0.2) is 4.79 Å². The van der Waals surface area contributed by atoms with E-state index in [9.17, 15) is 14.4 Å². The van der Waals surface area contributed by atoms with Crippen molar-refractivity contribution in [2.45, 2.75) is 12.5 Å². The van der Waals surface area contributed by atoms with E-state index in [2.05, 4.69) is 5.32 Å². The molecule has 0 spiro atoms. The van der Waals surface area contributed by atoms with Crippen LogP contribution < -0.4 is 5.32 Å². The van der Waals surface area contributed by atoms with E-state index in [1.54, 1.807) is 24.3 Å². The van der Waals surface area contributed by atoms with Crippen LogP contribution in [-0.4, -0.2) is 34.1 Å². The number of halogens is 1. The smallest absolute Gasteiger partial charge is 0.326 e. The van der Waals surface area contributed by atoms with E-state index in [-0.39, 0.29) is 0 Å². The van der Waals surface area contributed by atoms with Gasteiger partial charge in [0.05, 0.1) is 6.42 Å². The summed E-state index contributed by atoms with van der Waals surface area (Å²) >= 11 is 5.70. The van der Waals surface area contributed by atoms with Crippen LogP contribution in [0.5, 0.6) is 0 Å².